The Morgan fingerprint density at radius 3 is 2.53 bits per heavy atom. The van der Waals surface area contributed by atoms with Crippen LogP contribution < -0.4 is 0 Å². The number of rotatable bonds is 2. The number of halogens is 1. The zero-order valence-electron chi connectivity index (χ0n) is 10.5. The third kappa shape index (κ3) is 2.09. The van der Waals surface area contributed by atoms with Gasteiger partial charge in [0.2, 0.25) is 5.82 Å². The summed E-state index contributed by atoms with van der Waals surface area (Å²) < 4.78 is 14.4. The summed E-state index contributed by atoms with van der Waals surface area (Å²) in [7, 11) is 0. The highest BCUT2D eigenvalue weighted by atomic mass is 19.1. The van der Waals surface area contributed by atoms with Crippen molar-refractivity contribution in [1.82, 2.24) is 19.7 Å². The van der Waals surface area contributed by atoms with Crippen molar-refractivity contribution in [3.8, 4) is 5.69 Å². The van der Waals surface area contributed by atoms with Crippen LogP contribution in [-0.4, -0.2) is 38.7 Å². The molecule has 0 N–H and O–H groups in total. The molecule has 1 aliphatic rings. The Labute approximate surface area is 109 Å². The smallest absolute Gasteiger partial charge is 0.293 e. The first kappa shape index (κ1) is 11.8. The van der Waals surface area contributed by atoms with Gasteiger partial charge in [-0.05, 0) is 37.6 Å². The van der Waals surface area contributed by atoms with E-state index in [0.29, 0.717) is 11.5 Å². The number of carbonyl (C=O) groups excluding carboxylic acids is 1. The number of amides is 1. The molecular weight excluding hydrogens is 247 g/mol. The number of aryl methyl sites for hydroxylation is 1. The predicted octanol–water partition coefficient (Wildman–Crippen LogP) is 1.56. The Hall–Kier alpha value is -2.24. The first-order valence-electron chi connectivity index (χ1n) is 6.14. The lowest BCUT2D eigenvalue weighted by atomic mass is 10.2. The topological polar surface area (TPSA) is 51.0 Å². The molecule has 1 aliphatic heterocycles. The number of hydrogen-bond acceptors (Lipinski definition) is 3. The zero-order valence-corrected chi connectivity index (χ0v) is 10.5. The summed E-state index contributed by atoms with van der Waals surface area (Å²) in [6, 6.07) is 5.92. The van der Waals surface area contributed by atoms with Crippen LogP contribution in [0.1, 0.15) is 22.9 Å². The van der Waals surface area contributed by atoms with E-state index < -0.39 is 0 Å². The summed E-state index contributed by atoms with van der Waals surface area (Å²) >= 11 is 0. The van der Waals surface area contributed by atoms with Crippen molar-refractivity contribution in [2.45, 2.75) is 13.3 Å². The van der Waals surface area contributed by atoms with Crippen molar-refractivity contribution in [2.24, 2.45) is 0 Å². The lowest BCUT2D eigenvalue weighted by Crippen LogP contribution is -2.42. The normalized spacial score (nSPS) is 14.3. The molecule has 1 fully saturated rings. The maximum atomic E-state index is 12.9. The lowest BCUT2D eigenvalue weighted by molar-refractivity contribution is 0.0639. The molecule has 1 saturated heterocycles. The van der Waals surface area contributed by atoms with Gasteiger partial charge in [0.05, 0.1) is 5.69 Å². The van der Waals surface area contributed by atoms with E-state index >= 15 is 0 Å². The summed E-state index contributed by atoms with van der Waals surface area (Å²) in [5, 5.41) is 4.20. The van der Waals surface area contributed by atoms with Crippen LogP contribution in [0.3, 0.4) is 0 Å². The van der Waals surface area contributed by atoms with Gasteiger partial charge >= 0.3 is 0 Å². The summed E-state index contributed by atoms with van der Waals surface area (Å²) in [6.07, 6.45) is 1.03. The molecule has 5 nitrogen and oxygen atoms in total. The largest absolute Gasteiger partial charge is 0.336 e. The van der Waals surface area contributed by atoms with Gasteiger partial charge in [-0.3, -0.25) is 4.79 Å². The van der Waals surface area contributed by atoms with E-state index in [9.17, 15) is 9.18 Å². The van der Waals surface area contributed by atoms with Crippen molar-refractivity contribution >= 4 is 5.91 Å². The maximum Gasteiger partial charge on any atom is 0.293 e. The summed E-state index contributed by atoms with van der Waals surface area (Å²) in [4.78, 5) is 17.9. The van der Waals surface area contributed by atoms with Crippen LogP contribution in [0.15, 0.2) is 24.3 Å². The van der Waals surface area contributed by atoms with Gasteiger partial charge in [-0.1, -0.05) is 0 Å². The molecule has 0 spiro atoms. The van der Waals surface area contributed by atoms with Crippen LogP contribution in [0.5, 0.6) is 0 Å². The summed E-state index contributed by atoms with van der Waals surface area (Å²) in [5.74, 6) is 0.352. The highest BCUT2D eigenvalue weighted by molar-refractivity contribution is 5.90. The van der Waals surface area contributed by atoms with Gasteiger partial charge in [-0.15, -0.1) is 5.10 Å². The first-order chi connectivity index (χ1) is 9.15. The van der Waals surface area contributed by atoms with Crippen molar-refractivity contribution in [3.05, 3.63) is 41.7 Å². The second-order valence-corrected chi connectivity index (χ2v) is 4.52. The Balaban J connectivity index is 1.92. The Morgan fingerprint density at radius 1 is 1.26 bits per heavy atom. The highest BCUT2D eigenvalue weighted by Crippen LogP contribution is 2.14. The maximum absolute atomic E-state index is 12.9. The minimum atomic E-state index is -0.307. The molecule has 0 bridgehead atoms. The van der Waals surface area contributed by atoms with E-state index in [-0.39, 0.29) is 17.5 Å². The van der Waals surface area contributed by atoms with Gasteiger partial charge in [0.15, 0.2) is 0 Å². The SMILES string of the molecule is Cc1nc(C(=O)N2CCC2)nn1-c1ccc(F)cc1. The Morgan fingerprint density at radius 2 is 1.95 bits per heavy atom. The minimum absolute atomic E-state index is 0.143. The van der Waals surface area contributed by atoms with Crippen LogP contribution in [-0.2, 0) is 0 Å². The summed E-state index contributed by atoms with van der Waals surface area (Å²) in [5.41, 5.74) is 0.689. The number of hydrogen-bond donors (Lipinski definition) is 0. The molecule has 0 radical (unpaired) electrons. The van der Waals surface area contributed by atoms with Crippen molar-refractivity contribution in [1.29, 1.82) is 0 Å². The second-order valence-electron chi connectivity index (χ2n) is 4.52. The Bertz CT molecular complexity index is 616. The molecule has 0 saturated carbocycles. The number of aromatic nitrogens is 3. The standard InChI is InChI=1S/C13H13FN4O/c1-9-15-12(13(19)17-7-2-8-17)16-18(9)11-5-3-10(14)4-6-11/h3-6H,2,7-8H2,1H3. The molecule has 1 amide bonds. The summed E-state index contributed by atoms with van der Waals surface area (Å²) in [6.45, 7) is 3.30. The number of nitrogens with zero attached hydrogens (tertiary/aromatic N) is 4. The van der Waals surface area contributed by atoms with E-state index in [1.165, 1.54) is 12.1 Å². The molecule has 0 atom stereocenters. The fourth-order valence-electron chi connectivity index (χ4n) is 1.97. The molecule has 6 heteroatoms. The quantitative estimate of drug-likeness (QED) is 0.823. The number of likely N-dealkylation sites (tertiary alicyclic amines) is 1. The molecule has 2 aromatic rings. The van der Waals surface area contributed by atoms with Crippen LogP contribution in [0.4, 0.5) is 4.39 Å². The molecule has 0 aliphatic carbocycles. The van der Waals surface area contributed by atoms with Crippen LogP contribution in [0.25, 0.3) is 5.69 Å². The Kier molecular flexibility index (Phi) is 2.77. The number of benzene rings is 1. The third-order valence-electron chi connectivity index (χ3n) is 3.17. The van der Waals surface area contributed by atoms with Crippen LogP contribution >= 0.6 is 0 Å². The van der Waals surface area contributed by atoms with E-state index in [2.05, 4.69) is 10.1 Å². The molecule has 0 unspecified atom stereocenters. The highest BCUT2D eigenvalue weighted by Gasteiger charge is 2.25. The molecule has 19 heavy (non-hydrogen) atoms. The van der Waals surface area contributed by atoms with Crippen molar-refractivity contribution < 1.29 is 9.18 Å². The molecule has 98 valence electrons. The van der Waals surface area contributed by atoms with Crippen molar-refractivity contribution in [2.75, 3.05) is 13.1 Å². The zero-order chi connectivity index (χ0) is 13.4. The van der Waals surface area contributed by atoms with Crippen molar-refractivity contribution in [3.63, 3.8) is 0 Å². The molecule has 1 aromatic carbocycles. The van der Waals surface area contributed by atoms with E-state index in [4.69, 9.17) is 0 Å². The van der Waals surface area contributed by atoms with Crippen LogP contribution in [0.2, 0.25) is 0 Å². The molecular formula is C13H13FN4O. The van der Waals surface area contributed by atoms with E-state index in [0.717, 1.165) is 19.5 Å². The third-order valence-corrected chi connectivity index (χ3v) is 3.17. The fourth-order valence-corrected chi connectivity index (χ4v) is 1.97. The molecule has 3 rings (SSSR count). The van der Waals surface area contributed by atoms with Gasteiger partial charge in [-0.25, -0.2) is 14.1 Å². The van der Waals surface area contributed by atoms with Gasteiger partial charge in [0.25, 0.3) is 5.91 Å². The first-order valence-corrected chi connectivity index (χ1v) is 6.14. The second kappa shape index (κ2) is 4.46. The minimum Gasteiger partial charge on any atom is -0.336 e. The van der Waals surface area contributed by atoms with E-state index in [1.54, 1.807) is 28.6 Å². The lowest BCUT2D eigenvalue weighted by Gasteiger charge is -2.29. The van der Waals surface area contributed by atoms with Gasteiger partial charge in [0.1, 0.15) is 11.6 Å². The fraction of sp³-hybridized carbons (Fsp3) is 0.308. The predicted molar refractivity (Wildman–Crippen MR) is 66.6 cm³/mol. The van der Waals surface area contributed by atoms with Crippen LogP contribution in [0, 0.1) is 12.7 Å². The van der Waals surface area contributed by atoms with Gasteiger partial charge in [-0.2, -0.15) is 0 Å². The van der Waals surface area contributed by atoms with Gasteiger partial charge < -0.3 is 4.90 Å². The average molecular weight is 260 g/mol. The monoisotopic (exact) mass is 260 g/mol. The molecule has 2 heterocycles. The van der Waals surface area contributed by atoms with Gasteiger partial charge in [0, 0.05) is 13.1 Å². The number of carbonyl (C=O) groups is 1. The average Bonchev–Trinajstić information content (AvgIpc) is 2.70. The van der Waals surface area contributed by atoms with E-state index in [1.807, 2.05) is 0 Å². The molecule has 1 aromatic heterocycles.